The number of carboxylic acid groups (broad SMARTS) is 2. The number of aliphatic carboxylic acids is 2. The average molecular weight is 811 g/mol. The molecular weight excluding hydrogens is 713 g/mol. The van der Waals surface area contributed by atoms with Crippen molar-refractivity contribution in [2.75, 3.05) is 19.8 Å². The van der Waals surface area contributed by atoms with Crippen molar-refractivity contribution in [3.63, 3.8) is 0 Å². The molecule has 0 amide bonds. The van der Waals surface area contributed by atoms with Gasteiger partial charge in [-0.15, -0.1) is 0 Å². The topological polar surface area (TPSA) is 135 Å². The highest BCUT2D eigenvalue weighted by molar-refractivity contribution is 5.66. The van der Waals surface area contributed by atoms with Gasteiger partial charge in [0.25, 0.3) is 0 Å². The summed E-state index contributed by atoms with van der Waals surface area (Å²) in [6.07, 6.45) is 52.5. The smallest absolute Gasteiger partial charge is 0.303 e. The van der Waals surface area contributed by atoms with E-state index in [2.05, 4.69) is 0 Å². The SMILES string of the molecule is O=C(O)CCCCCCCCCCCCCCCCCCCCCC(CCCCCCCCCCCCCCCCCCCCCC(=O)O)CC(CO)(CO)CO. The molecule has 0 aliphatic carbocycles. The standard InChI is InChI=1S/C50H98O7/c51-44-50(45-52,46-53)43-47(39-35-31-27-23-19-15-11-7-3-1-5-9-13-17-21-25-29-33-37-41-48(54)55)40-36-32-28-24-20-16-12-8-4-2-6-10-14-18-22-26-30-34-38-42-49(56)57/h47,51-53H,1-46H2,(H,54,55)(H,56,57). The van der Waals surface area contributed by atoms with E-state index in [1.165, 1.54) is 218 Å². The summed E-state index contributed by atoms with van der Waals surface area (Å²) < 4.78 is 0. The predicted molar refractivity (Wildman–Crippen MR) is 241 cm³/mol. The molecule has 7 nitrogen and oxygen atoms in total. The molecule has 0 saturated carbocycles. The van der Waals surface area contributed by atoms with Crippen LogP contribution < -0.4 is 0 Å². The molecular formula is C50H98O7. The summed E-state index contributed by atoms with van der Waals surface area (Å²) >= 11 is 0. The van der Waals surface area contributed by atoms with Crippen molar-refractivity contribution in [1.29, 1.82) is 0 Å². The Bertz CT molecular complexity index is 765. The minimum atomic E-state index is -0.746. The van der Waals surface area contributed by atoms with Gasteiger partial charge in [0.15, 0.2) is 0 Å². The van der Waals surface area contributed by atoms with Gasteiger partial charge in [-0.2, -0.15) is 0 Å². The highest BCUT2D eigenvalue weighted by Crippen LogP contribution is 2.32. The summed E-state index contributed by atoms with van der Waals surface area (Å²) in [7, 11) is 0. The second-order valence-corrected chi connectivity index (χ2v) is 18.3. The molecule has 0 spiro atoms. The molecule has 0 radical (unpaired) electrons. The molecule has 0 aromatic carbocycles. The van der Waals surface area contributed by atoms with Gasteiger partial charge in [0.05, 0.1) is 19.8 Å². The Kier molecular flexibility index (Phi) is 43.5. The Hall–Kier alpha value is -1.18. The number of aliphatic hydroxyl groups excluding tert-OH is 3. The maximum Gasteiger partial charge on any atom is 0.303 e. The molecule has 0 saturated heterocycles. The molecule has 0 aliphatic heterocycles. The van der Waals surface area contributed by atoms with Crippen LogP contribution >= 0.6 is 0 Å². The maximum absolute atomic E-state index is 10.5. The number of carboxylic acids is 2. The first kappa shape index (κ1) is 55.8. The first-order chi connectivity index (χ1) is 27.9. The van der Waals surface area contributed by atoms with Gasteiger partial charge in [-0.05, 0) is 25.2 Å². The third-order valence-corrected chi connectivity index (χ3v) is 12.7. The Balaban J connectivity index is 3.75. The number of rotatable bonds is 49. The van der Waals surface area contributed by atoms with Crippen LogP contribution in [-0.2, 0) is 9.59 Å². The zero-order chi connectivity index (χ0) is 41.8. The van der Waals surface area contributed by atoms with Crippen LogP contribution in [0.3, 0.4) is 0 Å². The fourth-order valence-corrected chi connectivity index (χ4v) is 8.73. The Morgan fingerprint density at radius 3 is 0.649 bits per heavy atom. The number of hydrogen-bond acceptors (Lipinski definition) is 5. The van der Waals surface area contributed by atoms with Gasteiger partial charge in [-0.1, -0.05) is 244 Å². The fraction of sp³-hybridized carbons (Fsp3) is 0.960. The molecule has 0 fully saturated rings. The summed E-state index contributed by atoms with van der Waals surface area (Å²) in [5.74, 6) is -0.861. The molecule has 57 heavy (non-hydrogen) atoms. The first-order valence-corrected chi connectivity index (χ1v) is 25.2. The van der Waals surface area contributed by atoms with Crippen molar-refractivity contribution in [2.24, 2.45) is 11.3 Å². The number of hydrogen-bond donors (Lipinski definition) is 5. The molecule has 0 atom stereocenters. The van der Waals surface area contributed by atoms with Crippen molar-refractivity contribution in [1.82, 2.24) is 0 Å². The lowest BCUT2D eigenvalue weighted by Crippen LogP contribution is -2.36. The zero-order valence-corrected chi connectivity index (χ0v) is 37.7. The zero-order valence-electron chi connectivity index (χ0n) is 37.7. The lowest BCUT2D eigenvalue weighted by atomic mass is 9.77. The highest BCUT2D eigenvalue weighted by atomic mass is 16.4. The molecule has 0 bridgehead atoms. The van der Waals surface area contributed by atoms with E-state index in [4.69, 9.17) is 10.2 Å². The fourth-order valence-electron chi connectivity index (χ4n) is 8.73. The monoisotopic (exact) mass is 811 g/mol. The van der Waals surface area contributed by atoms with E-state index >= 15 is 0 Å². The molecule has 0 rings (SSSR count). The van der Waals surface area contributed by atoms with Crippen LogP contribution in [0.15, 0.2) is 0 Å². The normalized spacial score (nSPS) is 11.9. The van der Waals surface area contributed by atoms with E-state index in [-0.39, 0.29) is 19.8 Å². The summed E-state index contributed by atoms with van der Waals surface area (Å²) in [6, 6.07) is 0. The van der Waals surface area contributed by atoms with E-state index in [1.54, 1.807) is 0 Å². The molecule has 7 heteroatoms. The van der Waals surface area contributed by atoms with Gasteiger partial charge < -0.3 is 25.5 Å². The average Bonchev–Trinajstić information content (AvgIpc) is 3.20. The molecule has 0 aromatic heterocycles. The van der Waals surface area contributed by atoms with Gasteiger partial charge >= 0.3 is 11.9 Å². The third-order valence-electron chi connectivity index (χ3n) is 12.7. The van der Waals surface area contributed by atoms with Crippen LogP contribution in [0.1, 0.15) is 276 Å². The van der Waals surface area contributed by atoms with Gasteiger partial charge in [0.2, 0.25) is 0 Å². The van der Waals surface area contributed by atoms with E-state index in [0.29, 0.717) is 18.8 Å². The summed E-state index contributed by atoms with van der Waals surface area (Å²) in [5.41, 5.74) is -0.746. The van der Waals surface area contributed by atoms with Crippen LogP contribution in [0.2, 0.25) is 0 Å². The van der Waals surface area contributed by atoms with Crippen LogP contribution in [0.4, 0.5) is 0 Å². The first-order valence-electron chi connectivity index (χ1n) is 25.2. The van der Waals surface area contributed by atoms with E-state index < -0.39 is 17.4 Å². The third kappa shape index (κ3) is 41.3. The number of aliphatic hydroxyl groups is 3. The quantitative estimate of drug-likeness (QED) is 0.0386. The summed E-state index contributed by atoms with van der Waals surface area (Å²) in [4.78, 5) is 21.1. The largest absolute Gasteiger partial charge is 0.481 e. The van der Waals surface area contributed by atoms with Gasteiger partial charge in [0.1, 0.15) is 0 Å². The van der Waals surface area contributed by atoms with Crippen LogP contribution in [-0.4, -0.2) is 57.3 Å². The number of unbranched alkanes of at least 4 members (excludes halogenated alkanes) is 36. The molecule has 0 aromatic rings. The van der Waals surface area contributed by atoms with Crippen molar-refractivity contribution >= 4 is 11.9 Å². The highest BCUT2D eigenvalue weighted by Gasteiger charge is 2.31. The van der Waals surface area contributed by atoms with Crippen molar-refractivity contribution in [2.45, 2.75) is 276 Å². The second-order valence-electron chi connectivity index (χ2n) is 18.3. The lowest BCUT2D eigenvalue weighted by Gasteiger charge is -2.32. The molecule has 5 N–H and O–H groups in total. The van der Waals surface area contributed by atoms with Crippen LogP contribution in [0, 0.1) is 11.3 Å². The van der Waals surface area contributed by atoms with Gasteiger partial charge in [0, 0.05) is 18.3 Å². The van der Waals surface area contributed by atoms with Crippen LogP contribution in [0.5, 0.6) is 0 Å². The molecule has 0 heterocycles. The van der Waals surface area contributed by atoms with Crippen molar-refractivity contribution in [3.8, 4) is 0 Å². The van der Waals surface area contributed by atoms with Gasteiger partial charge in [-0.25, -0.2) is 0 Å². The van der Waals surface area contributed by atoms with E-state index in [1.807, 2.05) is 0 Å². The van der Waals surface area contributed by atoms with Crippen molar-refractivity contribution in [3.05, 3.63) is 0 Å². The van der Waals surface area contributed by atoms with Gasteiger partial charge in [-0.3, -0.25) is 9.59 Å². The van der Waals surface area contributed by atoms with Crippen LogP contribution in [0.25, 0.3) is 0 Å². The molecule has 340 valence electrons. The summed E-state index contributed by atoms with van der Waals surface area (Å²) in [5, 5.41) is 47.3. The Labute approximate surface area is 353 Å². The van der Waals surface area contributed by atoms with E-state index in [0.717, 1.165) is 44.9 Å². The Morgan fingerprint density at radius 2 is 0.474 bits per heavy atom. The maximum atomic E-state index is 10.5. The number of carbonyl (C=O) groups is 2. The summed E-state index contributed by atoms with van der Waals surface area (Å²) in [6.45, 7) is -0.428. The predicted octanol–water partition coefficient (Wildman–Crippen LogP) is 14.5. The molecule has 0 aliphatic rings. The molecule has 0 unspecified atom stereocenters. The lowest BCUT2D eigenvalue weighted by molar-refractivity contribution is -0.138. The minimum absolute atomic E-state index is 0.143. The Morgan fingerprint density at radius 1 is 0.298 bits per heavy atom. The van der Waals surface area contributed by atoms with Crippen molar-refractivity contribution < 1.29 is 35.1 Å². The minimum Gasteiger partial charge on any atom is -0.481 e. The van der Waals surface area contributed by atoms with E-state index in [9.17, 15) is 24.9 Å². The second kappa shape index (κ2) is 44.4.